The third-order valence-electron chi connectivity index (χ3n) is 2.34. The zero-order valence-corrected chi connectivity index (χ0v) is 13.1. The molecule has 2 N–H and O–H groups in total. The molecular formula is C14H15N3O4S. The molecule has 0 fully saturated rings. The van der Waals surface area contributed by atoms with Crippen molar-refractivity contribution in [2.75, 3.05) is 5.32 Å². The molecule has 2 rings (SSSR count). The molecule has 0 aliphatic rings. The van der Waals surface area contributed by atoms with E-state index in [0.29, 0.717) is 10.6 Å². The molecule has 1 amide bonds. The highest BCUT2D eigenvalue weighted by atomic mass is 32.1. The maximum absolute atomic E-state index is 11.7. The summed E-state index contributed by atoms with van der Waals surface area (Å²) in [6.45, 7) is 5.20. The molecule has 2 aromatic heterocycles. The number of hydrogen-bond acceptors (Lipinski definition) is 6. The highest BCUT2D eigenvalue weighted by Gasteiger charge is 2.22. The van der Waals surface area contributed by atoms with Gasteiger partial charge in [-0.05, 0) is 32.9 Å². The standard InChI is InChI=1S/C14H15N3O4S/c1-14(2,3)21-13(20)17-12-16-9(11(18)19)10(22-12)8-6-4-5-7-15-8/h4-7H,1-3H3,(H,18,19)(H,16,17,20). The van der Waals surface area contributed by atoms with Gasteiger partial charge in [0.15, 0.2) is 10.8 Å². The highest BCUT2D eigenvalue weighted by molar-refractivity contribution is 7.19. The van der Waals surface area contributed by atoms with Crippen LogP contribution in [0, 0.1) is 0 Å². The molecule has 2 heterocycles. The number of carboxylic acid groups (broad SMARTS) is 1. The molecule has 0 spiro atoms. The van der Waals surface area contributed by atoms with Crippen molar-refractivity contribution < 1.29 is 19.4 Å². The number of nitrogens with zero attached hydrogens (tertiary/aromatic N) is 2. The van der Waals surface area contributed by atoms with E-state index in [2.05, 4.69) is 15.3 Å². The average molecular weight is 321 g/mol. The first-order valence-corrected chi connectivity index (χ1v) is 7.23. The third-order valence-corrected chi connectivity index (χ3v) is 3.33. The van der Waals surface area contributed by atoms with Crippen LogP contribution in [0.3, 0.4) is 0 Å². The normalized spacial score (nSPS) is 11.0. The molecular weight excluding hydrogens is 306 g/mol. The second kappa shape index (κ2) is 6.10. The van der Waals surface area contributed by atoms with E-state index in [1.54, 1.807) is 45.2 Å². The monoisotopic (exact) mass is 321 g/mol. The Balaban J connectivity index is 2.28. The van der Waals surface area contributed by atoms with Gasteiger partial charge in [-0.3, -0.25) is 10.3 Å². The van der Waals surface area contributed by atoms with Gasteiger partial charge in [-0.2, -0.15) is 0 Å². The van der Waals surface area contributed by atoms with Gasteiger partial charge in [0.25, 0.3) is 0 Å². The highest BCUT2D eigenvalue weighted by Crippen LogP contribution is 2.32. The first-order valence-electron chi connectivity index (χ1n) is 6.42. The number of anilines is 1. The molecule has 0 saturated carbocycles. The summed E-state index contributed by atoms with van der Waals surface area (Å²) in [6, 6.07) is 5.15. The maximum Gasteiger partial charge on any atom is 0.413 e. The molecule has 22 heavy (non-hydrogen) atoms. The van der Waals surface area contributed by atoms with Crippen LogP contribution in [0.15, 0.2) is 24.4 Å². The lowest BCUT2D eigenvalue weighted by molar-refractivity contribution is 0.0632. The van der Waals surface area contributed by atoms with Crippen molar-refractivity contribution in [2.24, 2.45) is 0 Å². The number of hydrogen-bond donors (Lipinski definition) is 2. The van der Waals surface area contributed by atoms with Crippen molar-refractivity contribution in [1.29, 1.82) is 0 Å². The van der Waals surface area contributed by atoms with Crippen LogP contribution >= 0.6 is 11.3 Å². The van der Waals surface area contributed by atoms with E-state index >= 15 is 0 Å². The number of carbonyl (C=O) groups excluding carboxylic acids is 1. The molecule has 0 unspecified atom stereocenters. The fourth-order valence-corrected chi connectivity index (χ4v) is 2.50. The molecule has 0 radical (unpaired) electrons. The SMILES string of the molecule is CC(C)(C)OC(=O)Nc1nc(C(=O)O)c(-c2ccccn2)s1. The first-order chi connectivity index (χ1) is 10.3. The van der Waals surface area contributed by atoms with Crippen molar-refractivity contribution in [3.8, 4) is 10.6 Å². The quantitative estimate of drug-likeness (QED) is 0.899. The number of amides is 1. The Bertz CT molecular complexity index is 692. The molecule has 0 aromatic carbocycles. The Kier molecular flexibility index (Phi) is 4.41. The number of ether oxygens (including phenoxy) is 1. The van der Waals surface area contributed by atoms with E-state index < -0.39 is 17.7 Å². The van der Waals surface area contributed by atoms with Gasteiger partial charge in [-0.15, -0.1) is 0 Å². The van der Waals surface area contributed by atoms with E-state index in [1.165, 1.54) is 0 Å². The van der Waals surface area contributed by atoms with Gasteiger partial charge in [-0.1, -0.05) is 17.4 Å². The predicted molar refractivity (Wildman–Crippen MR) is 82.2 cm³/mol. The van der Waals surface area contributed by atoms with Gasteiger partial charge in [0.2, 0.25) is 0 Å². The molecule has 8 heteroatoms. The number of pyridine rings is 1. The Morgan fingerprint density at radius 1 is 1.32 bits per heavy atom. The molecule has 0 atom stereocenters. The number of carbonyl (C=O) groups is 2. The number of carboxylic acids is 1. The second-order valence-electron chi connectivity index (χ2n) is 5.34. The van der Waals surface area contributed by atoms with Gasteiger partial charge in [-0.25, -0.2) is 14.6 Å². The lowest BCUT2D eigenvalue weighted by atomic mass is 10.2. The van der Waals surface area contributed by atoms with Crippen molar-refractivity contribution in [1.82, 2.24) is 9.97 Å². The van der Waals surface area contributed by atoms with Crippen LogP contribution < -0.4 is 5.32 Å². The van der Waals surface area contributed by atoms with Crippen LogP contribution in [-0.2, 0) is 4.74 Å². The van der Waals surface area contributed by atoms with Crippen molar-refractivity contribution in [3.05, 3.63) is 30.1 Å². The van der Waals surface area contributed by atoms with E-state index in [1.807, 2.05) is 0 Å². The minimum absolute atomic E-state index is 0.146. The minimum atomic E-state index is -1.19. The summed E-state index contributed by atoms with van der Waals surface area (Å²) in [5.74, 6) is -1.19. The zero-order chi connectivity index (χ0) is 16.3. The number of thiazole rings is 1. The van der Waals surface area contributed by atoms with Crippen LogP contribution in [0.1, 0.15) is 31.3 Å². The summed E-state index contributed by atoms with van der Waals surface area (Å²) < 4.78 is 5.11. The summed E-state index contributed by atoms with van der Waals surface area (Å²) in [5, 5.41) is 11.8. The van der Waals surface area contributed by atoms with Crippen LogP contribution in [0.2, 0.25) is 0 Å². The van der Waals surface area contributed by atoms with Crippen LogP contribution in [-0.4, -0.2) is 32.7 Å². The van der Waals surface area contributed by atoms with E-state index in [4.69, 9.17) is 4.74 Å². The summed E-state index contributed by atoms with van der Waals surface area (Å²) >= 11 is 1.03. The molecule has 116 valence electrons. The summed E-state index contributed by atoms with van der Waals surface area (Å²) in [5.41, 5.74) is -0.328. The van der Waals surface area contributed by atoms with Gasteiger partial charge >= 0.3 is 12.1 Å². The molecule has 7 nitrogen and oxygen atoms in total. The summed E-state index contributed by atoms with van der Waals surface area (Å²) in [6.07, 6.45) is 0.868. The smallest absolute Gasteiger partial charge is 0.413 e. The van der Waals surface area contributed by atoms with E-state index in [-0.39, 0.29) is 10.8 Å². The molecule has 0 bridgehead atoms. The van der Waals surface area contributed by atoms with Gasteiger partial charge in [0.1, 0.15) is 5.60 Å². The van der Waals surface area contributed by atoms with Crippen molar-refractivity contribution in [2.45, 2.75) is 26.4 Å². The van der Waals surface area contributed by atoms with Crippen molar-refractivity contribution >= 4 is 28.5 Å². The fraction of sp³-hybridized carbons (Fsp3) is 0.286. The number of nitrogens with one attached hydrogen (secondary N) is 1. The Morgan fingerprint density at radius 2 is 2.05 bits per heavy atom. The van der Waals surface area contributed by atoms with Gasteiger partial charge < -0.3 is 9.84 Å². The zero-order valence-electron chi connectivity index (χ0n) is 12.3. The summed E-state index contributed by atoms with van der Waals surface area (Å²) in [7, 11) is 0. The Labute approximate surface area is 131 Å². The molecule has 2 aromatic rings. The third kappa shape index (κ3) is 4.01. The first kappa shape index (κ1) is 15.9. The lowest BCUT2D eigenvalue weighted by Gasteiger charge is -2.18. The van der Waals surface area contributed by atoms with Crippen LogP contribution in [0.25, 0.3) is 10.6 Å². The molecule has 0 saturated heterocycles. The van der Waals surface area contributed by atoms with Gasteiger partial charge in [0, 0.05) is 6.20 Å². The Hall–Kier alpha value is -2.48. The summed E-state index contributed by atoms with van der Waals surface area (Å²) in [4.78, 5) is 31.4. The largest absolute Gasteiger partial charge is 0.476 e. The topological polar surface area (TPSA) is 101 Å². The lowest BCUT2D eigenvalue weighted by Crippen LogP contribution is -2.27. The number of rotatable bonds is 3. The maximum atomic E-state index is 11.7. The molecule has 0 aliphatic carbocycles. The van der Waals surface area contributed by atoms with E-state index in [0.717, 1.165) is 11.3 Å². The minimum Gasteiger partial charge on any atom is -0.476 e. The van der Waals surface area contributed by atoms with Crippen LogP contribution in [0.5, 0.6) is 0 Å². The fourth-order valence-electron chi connectivity index (χ4n) is 1.58. The number of aromatic carboxylic acids is 1. The average Bonchev–Trinajstić information content (AvgIpc) is 2.81. The molecule has 0 aliphatic heterocycles. The predicted octanol–water partition coefficient (Wildman–Crippen LogP) is 3.25. The van der Waals surface area contributed by atoms with Crippen LogP contribution in [0.4, 0.5) is 9.93 Å². The van der Waals surface area contributed by atoms with Crippen molar-refractivity contribution in [3.63, 3.8) is 0 Å². The Morgan fingerprint density at radius 3 is 2.59 bits per heavy atom. The number of aromatic nitrogens is 2. The van der Waals surface area contributed by atoms with E-state index in [9.17, 15) is 14.7 Å². The van der Waals surface area contributed by atoms with Gasteiger partial charge in [0.05, 0.1) is 10.6 Å². The second-order valence-corrected chi connectivity index (χ2v) is 6.34.